The molecule has 1 N–H and O–H groups in total. The minimum absolute atomic E-state index is 0.0477. The van der Waals surface area contributed by atoms with Crippen LogP contribution in [0, 0.1) is 0 Å². The third-order valence-corrected chi connectivity index (χ3v) is 2.22. The molecule has 0 unspecified atom stereocenters. The van der Waals surface area contributed by atoms with Crippen molar-refractivity contribution in [3.8, 4) is 0 Å². The van der Waals surface area contributed by atoms with Gasteiger partial charge in [-0.2, -0.15) is 0 Å². The second-order valence-electron chi connectivity index (χ2n) is 3.42. The lowest BCUT2D eigenvalue weighted by Gasteiger charge is -2.14. The molecule has 0 saturated heterocycles. The molecule has 1 aromatic carbocycles. The second kappa shape index (κ2) is 5.03. The van der Waals surface area contributed by atoms with E-state index in [4.69, 9.17) is 11.6 Å². The van der Waals surface area contributed by atoms with Gasteiger partial charge in [0.25, 0.3) is 5.91 Å². The summed E-state index contributed by atoms with van der Waals surface area (Å²) in [6.07, 6.45) is 0. The van der Waals surface area contributed by atoms with E-state index in [2.05, 4.69) is 5.32 Å². The van der Waals surface area contributed by atoms with Crippen molar-refractivity contribution in [2.45, 2.75) is 6.92 Å². The molecule has 0 fully saturated rings. The zero-order valence-electron chi connectivity index (χ0n) is 9.17. The second-order valence-corrected chi connectivity index (χ2v) is 3.86. The van der Waals surface area contributed by atoms with Crippen LogP contribution in [0.1, 0.15) is 17.3 Å². The van der Waals surface area contributed by atoms with Crippen LogP contribution in [0.2, 0.25) is 5.02 Å². The number of amides is 1. The van der Waals surface area contributed by atoms with Crippen molar-refractivity contribution in [2.75, 3.05) is 26.0 Å². The number of rotatable bonds is 3. The maximum atomic E-state index is 11.8. The minimum atomic E-state index is -0.0477. The highest BCUT2D eigenvalue weighted by molar-refractivity contribution is 6.31. The third kappa shape index (κ3) is 2.86. The van der Waals surface area contributed by atoms with Gasteiger partial charge in [-0.25, -0.2) is 0 Å². The Labute approximate surface area is 95.0 Å². The van der Waals surface area contributed by atoms with Gasteiger partial charge in [0.15, 0.2) is 0 Å². The molecule has 1 amide bonds. The van der Waals surface area contributed by atoms with Crippen LogP contribution in [0.4, 0.5) is 5.69 Å². The molecule has 0 aliphatic carbocycles. The fourth-order valence-corrected chi connectivity index (χ4v) is 1.45. The van der Waals surface area contributed by atoms with E-state index in [1.54, 1.807) is 26.2 Å². The van der Waals surface area contributed by atoms with E-state index < -0.39 is 0 Å². The third-order valence-electron chi connectivity index (χ3n) is 1.99. The molecule has 0 aliphatic heterocycles. The largest absolute Gasteiger partial charge is 0.385 e. The molecule has 0 bridgehead atoms. The van der Waals surface area contributed by atoms with Crippen molar-refractivity contribution in [1.29, 1.82) is 0 Å². The van der Waals surface area contributed by atoms with E-state index in [9.17, 15) is 4.79 Å². The topological polar surface area (TPSA) is 32.3 Å². The fourth-order valence-electron chi connectivity index (χ4n) is 1.28. The number of halogens is 1. The first-order valence-electron chi connectivity index (χ1n) is 4.81. The summed E-state index contributed by atoms with van der Waals surface area (Å²) in [6, 6.07) is 5.27. The van der Waals surface area contributed by atoms with E-state index in [-0.39, 0.29) is 5.91 Å². The molecule has 4 heteroatoms. The van der Waals surface area contributed by atoms with Gasteiger partial charge in [0.2, 0.25) is 0 Å². The molecule has 0 aliphatic rings. The highest BCUT2D eigenvalue weighted by Crippen LogP contribution is 2.21. The van der Waals surface area contributed by atoms with Crippen molar-refractivity contribution in [1.82, 2.24) is 4.90 Å². The van der Waals surface area contributed by atoms with Gasteiger partial charge < -0.3 is 10.2 Å². The number of benzene rings is 1. The number of nitrogens with zero attached hydrogens (tertiary/aromatic N) is 1. The molecule has 0 atom stereocenters. The number of carbonyl (C=O) groups excluding carboxylic acids is 1. The van der Waals surface area contributed by atoms with Gasteiger partial charge in [0, 0.05) is 31.4 Å². The molecular weight excluding hydrogens is 212 g/mol. The minimum Gasteiger partial charge on any atom is -0.385 e. The molecule has 82 valence electrons. The first kappa shape index (κ1) is 11.9. The van der Waals surface area contributed by atoms with Gasteiger partial charge >= 0.3 is 0 Å². The lowest BCUT2D eigenvalue weighted by Crippen LogP contribution is -2.23. The molecule has 0 saturated carbocycles. The first-order valence-corrected chi connectivity index (χ1v) is 5.19. The number of carbonyl (C=O) groups is 1. The van der Waals surface area contributed by atoms with Gasteiger partial charge in [0.05, 0.1) is 5.56 Å². The van der Waals surface area contributed by atoms with Crippen molar-refractivity contribution in [3.05, 3.63) is 28.8 Å². The van der Waals surface area contributed by atoms with Crippen LogP contribution in [0.3, 0.4) is 0 Å². The highest BCUT2D eigenvalue weighted by Gasteiger charge is 2.13. The lowest BCUT2D eigenvalue weighted by atomic mass is 10.1. The van der Waals surface area contributed by atoms with Crippen LogP contribution in [0.25, 0.3) is 0 Å². The lowest BCUT2D eigenvalue weighted by molar-refractivity contribution is 0.0828. The molecule has 0 heterocycles. The van der Waals surface area contributed by atoms with Crippen molar-refractivity contribution in [3.63, 3.8) is 0 Å². The molecule has 1 rings (SSSR count). The van der Waals surface area contributed by atoms with Crippen molar-refractivity contribution in [2.24, 2.45) is 0 Å². The number of hydrogen-bond acceptors (Lipinski definition) is 2. The van der Waals surface area contributed by atoms with E-state index in [1.165, 1.54) is 4.90 Å². The normalized spacial score (nSPS) is 9.87. The molecular formula is C11H15ClN2O. The monoisotopic (exact) mass is 226 g/mol. The van der Waals surface area contributed by atoms with Crippen LogP contribution < -0.4 is 5.32 Å². The zero-order chi connectivity index (χ0) is 11.4. The van der Waals surface area contributed by atoms with Crippen LogP contribution in [0.5, 0.6) is 0 Å². The van der Waals surface area contributed by atoms with Crippen molar-refractivity contribution < 1.29 is 4.79 Å². The summed E-state index contributed by atoms with van der Waals surface area (Å²) in [5.74, 6) is -0.0477. The Balaban J connectivity index is 3.12. The first-order chi connectivity index (χ1) is 7.06. The predicted molar refractivity (Wildman–Crippen MR) is 63.6 cm³/mol. The Morgan fingerprint density at radius 2 is 2.13 bits per heavy atom. The average Bonchev–Trinajstić information content (AvgIpc) is 2.20. The van der Waals surface area contributed by atoms with Crippen LogP contribution in [-0.2, 0) is 0 Å². The summed E-state index contributed by atoms with van der Waals surface area (Å²) in [6.45, 7) is 2.76. The number of anilines is 1. The summed E-state index contributed by atoms with van der Waals surface area (Å²) >= 11 is 5.87. The maximum absolute atomic E-state index is 11.8. The van der Waals surface area contributed by atoms with Crippen LogP contribution in [-0.4, -0.2) is 31.4 Å². The van der Waals surface area contributed by atoms with E-state index in [1.807, 2.05) is 13.0 Å². The molecule has 15 heavy (non-hydrogen) atoms. The van der Waals surface area contributed by atoms with E-state index >= 15 is 0 Å². The van der Waals surface area contributed by atoms with Crippen LogP contribution >= 0.6 is 11.6 Å². The fraction of sp³-hybridized carbons (Fsp3) is 0.364. The van der Waals surface area contributed by atoms with Gasteiger partial charge in [-0.15, -0.1) is 0 Å². The van der Waals surface area contributed by atoms with Gasteiger partial charge in [-0.05, 0) is 25.1 Å². The van der Waals surface area contributed by atoms with E-state index in [0.717, 1.165) is 12.2 Å². The van der Waals surface area contributed by atoms with Crippen molar-refractivity contribution >= 4 is 23.2 Å². The summed E-state index contributed by atoms with van der Waals surface area (Å²) in [5, 5.41) is 3.70. The number of nitrogens with one attached hydrogen (secondary N) is 1. The average molecular weight is 227 g/mol. The Morgan fingerprint density at radius 1 is 1.47 bits per heavy atom. The summed E-state index contributed by atoms with van der Waals surface area (Å²) < 4.78 is 0. The smallest absolute Gasteiger partial charge is 0.255 e. The Kier molecular flexibility index (Phi) is 3.97. The molecule has 0 spiro atoms. The standard InChI is InChI=1S/C11H15ClN2O/c1-4-13-10-6-5-8(12)7-9(10)11(15)14(2)3/h5-7,13H,4H2,1-3H3. The van der Waals surface area contributed by atoms with Gasteiger partial charge in [0.1, 0.15) is 0 Å². The quantitative estimate of drug-likeness (QED) is 0.859. The maximum Gasteiger partial charge on any atom is 0.255 e. The Morgan fingerprint density at radius 3 is 2.67 bits per heavy atom. The van der Waals surface area contributed by atoms with E-state index in [0.29, 0.717) is 10.6 Å². The summed E-state index contributed by atoms with van der Waals surface area (Å²) in [5.41, 5.74) is 1.43. The van der Waals surface area contributed by atoms with Gasteiger partial charge in [-0.1, -0.05) is 11.6 Å². The Bertz CT molecular complexity index is 364. The summed E-state index contributed by atoms with van der Waals surface area (Å²) in [4.78, 5) is 13.4. The predicted octanol–water partition coefficient (Wildman–Crippen LogP) is 2.47. The highest BCUT2D eigenvalue weighted by atomic mass is 35.5. The molecule has 3 nitrogen and oxygen atoms in total. The number of hydrogen-bond donors (Lipinski definition) is 1. The SMILES string of the molecule is CCNc1ccc(Cl)cc1C(=O)N(C)C. The molecule has 1 aromatic rings. The molecule has 0 aromatic heterocycles. The summed E-state index contributed by atoms with van der Waals surface area (Å²) in [7, 11) is 3.44. The van der Waals surface area contributed by atoms with Crippen LogP contribution in [0.15, 0.2) is 18.2 Å². The zero-order valence-corrected chi connectivity index (χ0v) is 9.93. The molecule has 0 radical (unpaired) electrons. The Hall–Kier alpha value is -1.22. The van der Waals surface area contributed by atoms with Gasteiger partial charge in [-0.3, -0.25) is 4.79 Å².